The van der Waals surface area contributed by atoms with Crippen LogP contribution in [0.2, 0.25) is 0 Å². The van der Waals surface area contributed by atoms with Gasteiger partial charge >= 0.3 is 17.9 Å². The number of hydrogen-bond donors (Lipinski definition) is 0. The number of ether oxygens (including phenoxy) is 3. The van der Waals surface area contributed by atoms with Crippen molar-refractivity contribution in [3.63, 3.8) is 0 Å². The maximum atomic E-state index is 12.7. The Kier molecular flexibility index (Phi) is 41.4. The second-order valence-electron chi connectivity index (χ2n) is 15.7. The third kappa shape index (κ3) is 41.2. The molecular weight excluding hydrogens is 661 g/mol. The fourth-order valence-electron chi connectivity index (χ4n) is 6.73. The maximum absolute atomic E-state index is 12.7. The summed E-state index contributed by atoms with van der Waals surface area (Å²) in [7, 11) is 0. The van der Waals surface area contributed by atoms with Crippen molar-refractivity contribution in [1.82, 2.24) is 0 Å². The molecule has 1 unspecified atom stereocenters. The van der Waals surface area contributed by atoms with Crippen LogP contribution in [0.4, 0.5) is 0 Å². The highest BCUT2D eigenvalue weighted by molar-refractivity contribution is 5.71. The lowest BCUT2D eigenvalue weighted by atomic mass is 10.1. The van der Waals surface area contributed by atoms with Crippen LogP contribution in [0.5, 0.6) is 0 Å². The zero-order chi connectivity index (χ0) is 38.7. The molecule has 312 valence electrons. The molecule has 0 aliphatic carbocycles. The molecule has 0 saturated heterocycles. The molecule has 0 spiro atoms. The van der Waals surface area contributed by atoms with Gasteiger partial charge in [0.1, 0.15) is 13.2 Å². The molecule has 0 amide bonds. The topological polar surface area (TPSA) is 78.9 Å². The molecule has 0 aromatic rings. The van der Waals surface area contributed by atoms with E-state index in [9.17, 15) is 14.4 Å². The highest BCUT2D eigenvalue weighted by Crippen LogP contribution is 2.15. The minimum absolute atomic E-state index is 0.0679. The highest BCUT2D eigenvalue weighted by atomic mass is 16.6. The van der Waals surface area contributed by atoms with E-state index in [1.54, 1.807) is 0 Å². The van der Waals surface area contributed by atoms with Crippen LogP contribution in [-0.4, -0.2) is 37.2 Å². The summed E-state index contributed by atoms with van der Waals surface area (Å²) in [5.41, 5.74) is 0. The van der Waals surface area contributed by atoms with Crippen LogP contribution in [0.25, 0.3) is 0 Å². The maximum Gasteiger partial charge on any atom is 0.306 e. The van der Waals surface area contributed by atoms with Crippen LogP contribution < -0.4 is 0 Å². The number of esters is 3. The van der Waals surface area contributed by atoms with Gasteiger partial charge in [-0.05, 0) is 44.9 Å². The van der Waals surface area contributed by atoms with Gasteiger partial charge in [0.25, 0.3) is 0 Å². The van der Waals surface area contributed by atoms with Crippen molar-refractivity contribution < 1.29 is 28.6 Å². The lowest BCUT2D eigenvalue weighted by Gasteiger charge is -2.18. The molecule has 0 aromatic carbocycles. The zero-order valence-corrected chi connectivity index (χ0v) is 35.6. The van der Waals surface area contributed by atoms with Crippen LogP contribution >= 0.6 is 0 Å². The van der Waals surface area contributed by atoms with E-state index >= 15 is 0 Å². The fraction of sp³-hybridized carbons (Fsp3) is 0.894. The Labute approximate surface area is 329 Å². The van der Waals surface area contributed by atoms with Crippen LogP contribution in [0, 0.1) is 0 Å². The van der Waals surface area contributed by atoms with Crippen LogP contribution in [0.1, 0.15) is 252 Å². The lowest BCUT2D eigenvalue weighted by Crippen LogP contribution is -2.30. The Morgan fingerprint density at radius 2 is 0.623 bits per heavy atom. The summed E-state index contributed by atoms with van der Waals surface area (Å²) < 4.78 is 16.7. The zero-order valence-electron chi connectivity index (χ0n) is 35.6. The number of carbonyl (C=O) groups is 3. The first kappa shape index (κ1) is 51.1. The summed E-state index contributed by atoms with van der Waals surface area (Å²) in [6.07, 6.45) is 44.9. The molecule has 0 aliphatic heterocycles. The molecule has 0 aromatic heterocycles. The summed E-state index contributed by atoms with van der Waals surface area (Å²) in [6.45, 7) is 6.59. The van der Waals surface area contributed by atoms with Crippen LogP contribution in [-0.2, 0) is 28.6 Å². The fourth-order valence-corrected chi connectivity index (χ4v) is 6.73. The van der Waals surface area contributed by atoms with E-state index in [0.717, 1.165) is 57.8 Å². The van der Waals surface area contributed by atoms with E-state index in [-0.39, 0.29) is 31.1 Å². The predicted molar refractivity (Wildman–Crippen MR) is 224 cm³/mol. The first-order chi connectivity index (χ1) is 26.0. The van der Waals surface area contributed by atoms with Gasteiger partial charge in [-0.15, -0.1) is 0 Å². The molecule has 0 heterocycles. The SMILES string of the molecule is CCCCCCCC/C=C\CCCCCCCCCC(=O)OCC(COC(=O)CCCCCCCCC)OC(=O)CCCCCCCCCCCCC. The van der Waals surface area contributed by atoms with E-state index in [4.69, 9.17) is 14.2 Å². The van der Waals surface area contributed by atoms with Crippen molar-refractivity contribution in [2.75, 3.05) is 13.2 Å². The molecule has 0 aliphatic rings. The van der Waals surface area contributed by atoms with Crippen molar-refractivity contribution >= 4 is 17.9 Å². The first-order valence-corrected chi connectivity index (χ1v) is 23.2. The molecule has 0 bridgehead atoms. The highest BCUT2D eigenvalue weighted by Gasteiger charge is 2.19. The van der Waals surface area contributed by atoms with Crippen LogP contribution in [0.3, 0.4) is 0 Å². The van der Waals surface area contributed by atoms with E-state index in [0.29, 0.717) is 19.3 Å². The molecule has 0 rings (SSSR count). The summed E-state index contributed by atoms with van der Waals surface area (Å²) in [6, 6.07) is 0. The lowest BCUT2D eigenvalue weighted by molar-refractivity contribution is -0.167. The van der Waals surface area contributed by atoms with Gasteiger partial charge in [0.2, 0.25) is 0 Å². The number of unbranched alkanes of at least 4 members (excludes halogenated alkanes) is 29. The predicted octanol–water partition coefficient (Wildman–Crippen LogP) is 14.6. The third-order valence-electron chi connectivity index (χ3n) is 10.3. The van der Waals surface area contributed by atoms with Gasteiger partial charge in [-0.3, -0.25) is 14.4 Å². The van der Waals surface area contributed by atoms with E-state index in [2.05, 4.69) is 32.9 Å². The van der Waals surface area contributed by atoms with Crippen LogP contribution in [0.15, 0.2) is 12.2 Å². The Bertz CT molecular complexity index is 824. The average molecular weight is 749 g/mol. The normalized spacial score (nSPS) is 12.0. The molecule has 6 heteroatoms. The quantitative estimate of drug-likeness (QED) is 0.0268. The molecule has 0 saturated carbocycles. The minimum atomic E-state index is -0.762. The van der Waals surface area contributed by atoms with Gasteiger partial charge in [-0.2, -0.15) is 0 Å². The summed E-state index contributed by atoms with van der Waals surface area (Å²) in [5.74, 6) is -0.871. The van der Waals surface area contributed by atoms with Crippen molar-refractivity contribution in [1.29, 1.82) is 0 Å². The Hall–Kier alpha value is -1.85. The number of carbonyl (C=O) groups excluding carboxylic acids is 3. The van der Waals surface area contributed by atoms with Gasteiger partial charge < -0.3 is 14.2 Å². The first-order valence-electron chi connectivity index (χ1n) is 23.2. The number of allylic oxidation sites excluding steroid dienone is 2. The molecule has 53 heavy (non-hydrogen) atoms. The summed E-state index contributed by atoms with van der Waals surface area (Å²) in [5, 5.41) is 0. The van der Waals surface area contributed by atoms with E-state index < -0.39 is 6.10 Å². The molecule has 0 N–H and O–H groups in total. The second kappa shape index (κ2) is 42.9. The van der Waals surface area contributed by atoms with Crippen molar-refractivity contribution in [3.8, 4) is 0 Å². The Morgan fingerprint density at radius 1 is 0.358 bits per heavy atom. The molecule has 0 radical (unpaired) electrons. The average Bonchev–Trinajstić information content (AvgIpc) is 3.15. The van der Waals surface area contributed by atoms with Gasteiger partial charge in [-0.25, -0.2) is 0 Å². The van der Waals surface area contributed by atoms with Gasteiger partial charge in [0, 0.05) is 19.3 Å². The molecule has 6 nitrogen and oxygen atoms in total. The largest absolute Gasteiger partial charge is 0.462 e. The van der Waals surface area contributed by atoms with Gasteiger partial charge in [-0.1, -0.05) is 200 Å². The standard InChI is InChI=1S/C47H88O6/c1-4-7-10-13-16-18-20-21-22-23-24-25-27-28-31-34-37-40-46(49)52-43-44(42-51-45(48)39-36-33-30-15-12-9-6-3)53-47(50)41-38-35-32-29-26-19-17-14-11-8-5-2/h21-22,44H,4-20,23-43H2,1-3H3/b22-21-. The minimum Gasteiger partial charge on any atom is -0.462 e. The smallest absolute Gasteiger partial charge is 0.306 e. The van der Waals surface area contributed by atoms with E-state index in [1.807, 2.05) is 0 Å². The van der Waals surface area contributed by atoms with Gasteiger partial charge in [0.05, 0.1) is 0 Å². The number of hydrogen-bond acceptors (Lipinski definition) is 6. The third-order valence-corrected chi connectivity index (χ3v) is 10.3. The second-order valence-corrected chi connectivity index (χ2v) is 15.7. The monoisotopic (exact) mass is 749 g/mol. The van der Waals surface area contributed by atoms with Crippen molar-refractivity contribution in [2.45, 2.75) is 258 Å². The Balaban J connectivity index is 4.23. The summed E-state index contributed by atoms with van der Waals surface area (Å²) in [4.78, 5) is 37.6. The van der Waals surface area contributed by atoms with Crippen molar-refractivity contribution in [2.24, 2.45) is 0 Å². The summed E-state index contributed by atoms with van der Waals surface area (Å²) >= 11 is 0. The van der Waals surface area contributed by atoms with E-state index in [1.165, 1.54) is 154 Å². The number of rotatable bonds is 42. The molecule has 0 fully saturated rings. The van der Waals surface area contributed by atoms with Crippen molar-refractivity contribution in [3.05, 3.63) is 12.2 Å². The molecule has 1 atom stereocenters. The Morgan fingerprint density at radius 3 is 0.943 bits per heavy atom. The van der Waals surface area contributed by atoms with Gasteiger partial charge in [0.15, 0.2) is 6.10 Å². The molecular formula is C47H88O6.